The van der Waals surface area contributed by atoms with Gasteiger partial charge >= 0.3 is 0 Å². The standard InChI is InChI=1S/C20H25N3O2/c1-13(2)8-9-22-19(24)16-10-17(12-21-11-16)20(25)23-18-7-5-6-14(3)15(18)4/h5-7,10-13H,8-9H2,1-4H3,(H,22,24)(H,23,25). The molecule has 0 unspecified atom stereocenters. The molecule has 0 aliphatic heterocycles. The first-order chi connectivity index (χ1) is 11.9. The van der Waals surface area contributed by atoms with Crippen molar-refractivity contribution in [3.05, 3.63) is 58.9 Å². The minimum Gasteiger partial charge on any atom is -0.352 e. The second-order valence-corrected chi connectivity index (χ2v) is 6.60. The lowest BCUT2D eigenvalue weighted by molar-refractivity contribution is 0.0951. The molecule has 0 fully saturated rings. The van der Waals surface area contributed by atoms with Gasteiger partial charge in [0.1, 0.15) is 0 Å². The van der Waals surface area contributed by atoms with Gasteiger partial charge in [0.25, 0.3) is 11.8 Å². The molecule has 0 radical (unpaired) electrons. The highest BCUT2D eigenvalue weighted by atomic mass is 16.2. The molecule has 0 spiro atoms. The van der Waals surface area contributed by atoms with Gasteiger partial charge < -0.3 is 10.6 Å². The van der Waals surface area contributed by atoms with Crippen molar-refractivity contribution in [2.24, 2.45) is 5.92 Å². The Hall–Kier alpha value is -2.69. The molecule has 2 rings (SSSR count). The number of aromatic nitrogens is 1. The zero-order chi connectivity index (χ0) is 18.4. The second kappa shape index (κ2) is 8.42. The van der Waals surface area contributed by atoms with Crippen LogP contribution < -0.4 is 10.6 Å². The van der Waals surface area contributed by atoms with E-state index in [4.69, 9.17) is 0 Å². The summed E-state index contributed by atoms with van der Waals surface area (Å²) in [5.74, 6) is 0.0284. The molecule has 0 atom stereocenters. The lowest BCUT2D eigenvalue weighted by atomic mass is 10.1. The van der Waals surface area contributed by atoms with Crippen molar-refractivity contribution in [2.45, 2.75) is 34.1 Å². The molecule has 25 heavy (non-hydrogen) atoms. The van der Waals surface area contributed by atoms with Crippen LogP contribution in [-0.2, 0) is 0 Å². The van der Waals surface area contributed by atoms with Gasteiger partial charge in [-0.3, -0.25) is 14.6 Å². The Labute approximate surface area is 148 Å². The van der Waals surface area contributed by atoms with E-state index in [-0.39, 0.29) is 11.8 Å². The first-order valence-corrected chi connectivity index (χ1v) is 8.49. The number of pyridine rings is 1. The van der Waals surface area contributed by atoms with E-state index in [0.717, 1.165) is 23.2 Å². The summed E-state index contributed by atoms with van der Waals surface area (Å²) in [6.07, 6.45) is 3.84. The molecule has 1 aromatic carbocycles. The summed E-state index contributed by atoms with van der Waals surface area (Å²) >= 11 is 0. The fraction of sp³-hybridized carbons (Fsp3) is 0.350. The zero-order valence-electron chi connectivity index (χ0n) is 15.2. The average Bonchev–Trinajstić information content (AvgIpc) is 2.58. The number of nitrogens with one attached hydrogen (secondary N) is 2. The fourth-order valence-electron chi connectivity index (χ4n) is 2.35. The van der Waals surface area contributed by atoms with E-state index < -0.39 is 0 Å². The van der Waals surface area contributed by atoms with Crippen molar-refractivity contribution in [3.63, 3.8) is 0 Å². The molecule has 0 saturated carbocycles. The number of carbonyl (C=O) groups is 2. The van der Waals surface area contributed by atoms with E-state index in [1.807, 2.05) is 32.0 Å². The van der Waals surface area contributed by atoms with E-state index >= 15 is 0 Å². The molecule has 0 bridgehead atoms. The van der Waals surface area contributed by atoms with E-state index in [1.165, 1.54) is 12.4 Å². The van der Waals surface area contributed by atoms with Crippen molar-refractivity contribution in [2.75, 3.05) is 11.9 Å². The first-order valence-electron chi connectivity index (χ1n) is 8.49. The highest BCUT2D eigenvalue weighted by Crippen LogP contribution is 2.19. The molecule has 2 aromatic rings. The molecule has 1 aromatic heterocycles. The minimum absolute atomic E-state index is 0.213. The van der Waals surface area contributed by atoms with Crippen molar-refractivity contribution >= 4 is 17.5 Å². The SMILES string of the molecule is Cc1cccc(NC(=O)c2cncc(C(=O)NCCC(C)C)c2)c1C. The molecule has 0 aliphatic carbocycles. The number of carbonyl (C=O) groups excluding carboxylic acids is 2. The second-order valence-electron chi connectivity index (χ2n) is 6.60. The van der Waals surface area contributed by atoms with Gasteiger partial charge in [-0.1, -0.05) is 26.0 Å². The summed E-state index contributed by atoms with van der Waals surface area (Å²) in [6, 6.07) is 7.32. The van der Waals surface area contributed by atoms with Crippen LogP contribution in [0.15, 0.2) is 36.7 Å². The zero-order valence-corrected chi connectivity index (χ0v) is 15.2. The summed E-state index contributed by atoms with van der Waals surface area (Å²) in [7, 11) is 0. The van der Waals surface area contributed by atoms with Crippen molar-refractivity contribution in [3.8, 4) is 0 Å². The van der Waals surface area contributed by atoms with Crippen molar-refractivity contribution in [1.82, 2.24) is 10.3 Å². The van der Waals surface area contributed by atoms with Crippen LogP contribution in [0.2, 0.25) is 0 Å². The largest absolute Gasteiger partial charge is 0.352 e. The number of aryl methyl sites for hydroxylation is 1. The lowest BCUT2D eigenvalue weighted by Gasteiger charge is -2.11. The maximum Gasteiger partial charge on any atom is 0.257 e. The van der Waals surface area contributed by atoms with E-state index in [0.29, 0.717) is 23.6 Å². The first kappa shape index (κ1) is 18.6. The normalized spacial score (nSPS) is 10.6. The molecule has 0 saturated heterocycles. The third kappa shape index (κ3) is 5.14. The predicted molar refractivity (Wildman–Crippen MR) is 99.9 cm³/mol. The third-order valence-corrected chi connectivity index (χ3v) is 4.12. The van der Waals surface area contributed by atoms with Crippen LogP contribution in [0.4, 0.5) is 5.69 Å². The summed E-state index contributed by atoms with van der Waals surface area (Å²) in [6.45, 7) is 8.77. The maximum atomic E-state index is 12.5. The summed E-state index contributed by atoms with van der Waals surface area (Å²) in [5.41, 5.74) is 3.63. The van der Waals surface area contributed by atoms with Gasteiger partial charge in [0, 0.05) is 24.6 Å². The highest BCUT2D eigenvalue weighted by Gasteiger charge is 2.12. The topological polar surface area (TPSA) is 71.1 Å². The summed E-state index contributed by atoms with van der Waals surface area (Å²) < 4.78 is 0. The van der Waals surface area contributed by atoms with Crippen LogP contribution in [0.5, 0.6) is 0 Å². The van der Waals surface area contributed by atoms with Crippen LogP contribution in [0.25, 0.3) is 0 Å². The molecule has 5 heteroatoms. The number of hydrogen-bond donors (Lipinski definition) is 2. The van der Waals surface area contributed by atoms with Crippen LogP contribution in [0.1, 0.15) is 52.1 Å². The van der Waals surface area contributed by atoms with Gasteiger partial charge in [0.05, 0.1) is 11.1 Å². The van der Waals surface area contributed by atoms with Gasteiger partial charge in [-0.05, 0) is 49.4 Å². The molecule has 1 heterocycles. The molecular formula is C20H25N3O2. The Bertz CT molecular complexity index is 769. The van der Waals surface area contributed by atoms with Crippen molar-refractivity contribution in [1.29, 1.82) is 0 Å². The average molecular weight is 339 g/mol. The van der Waals surface area contributed by atoms with Crippen LogP contribution >= 0.6 is 0 Å². The van der Waals surface area contributed by atoms with E-state index in [1.54, 1.807) is 6.07 Å². The third-order valence-electron chi connectivity index (χ3n) is 4.12. The number of rotatable bonds is 6. The van der Waals surface area contributed by atoms with Gasteiger partial charge in [-0.15, -0.1) is 0 Å². The maximum absolute atomic E-state index is 12.5. The molecule has 2 N–H and O–H groups in total. The van der Waals surface area contributed by atoms with Gasteiger partial charge in [-0.2, -0.15) is 0 Å². The van der Waals surface area contributed by atoms with Gasteiger partial charge in [0.2, 0.25) is 0 Å². The van der Waals surface area contributed by atoms with Crippen LogP contribution in [0.3, 0.4) is 0 Å². The number of amides is 2. The summed E-state index contributed by atoms with van der Waals surface area (Å²) in [5, 5.41) is 5.73. The quantitative estimate of drug-likeness (QED) is 0.842. The van der Waals surface area contributed by atoms with Gasteiger partial charge in [-0.25, -0.2) is 0 Å². The number of benzene rings is 1. The van der Waals surface area contributed by atoms with Gasteiger partial charge in [0.15, 0.2) is 0 Å². The Kier molecular flexibility index (Phi) is 6.28. The number of hydrogen-bond acceptors (Lipinski definition) is 3. The minimum atomic E-state index is -0.280. The van der Waals surface area contributed by atoms with Crippen LogP contribution in [-0.4, -0.2) is 23.3 Å². The lowest BCUT2D eigenvalue weighted by Crippen LogP contribution is -2.26. The Balaban J connectivity index is 2.08. The monoisotopic (exact) mass is 339 g/mol. The smallest absolute Gasteiger partial charge is 0.257 e. The summed E-state index contributed by atoms with van der Waals surface area (Å²) in [4.78, 5) is 28.7. The highest BCUT2D eigenvalue weighted by molar-refractivity contribution is 6.06. The predicted octanol–water partition coefficient (Wildman–Crippen LogP) is 3.73. The van der Waals surface area contributed by atoms with Crippen LogP contribution in [0, 0.1) is 19.8 Å². The molecule has 132 valence electrons. The molecule has 5 nitrogen and oxygen atoms in total. The molecule has 0 aliphatic rings. The number of nitrogens with zero attached hydrogens (tertiary/aromatic N) is 1. The Morgan fingerprint density at radius 2 is 1.76 bits per heavy atom. The Morgan fingerprint density at radius 3 is 2.44 bits per heavy atom. The number of anilines is 1. The van der Waals surface area contributed by atoms with E-state index in [9.17, 15) is 9.59 Å². The molecule has 2 amide bonds. The molecular weight excluding hydrogens is 314 g/mol. The van der Waals surface area contributed by atoms with E-state index in [2.05, 4.69) is 29.5 Å². The fourth-order valence-corrected chi connectivity index (χ4v) is 2.35. The van der Waals surface area contributed by atoms with Crippen molar-refractivity contribution < 1.29 is 9.59 Å². The Morgan fingerprint density at radius 1 is 1.08 bits per heavy atom.